The second-order valence-electron chi connectivity index (χ2n) is 5.80. The molecule has 1 unspecified atom stereocenters. The van der Waals surface area contributed by atoms with Crippen molar-refractivity contribution in [1.29, 1.82) is 0 Å². The van der Waals surface area contributed by atoms with Crippen LogP contribution in [0, 0.1) is 5.92 Å². The molecule has 0 spiro atoms. The summed E-state index contributed by atoms with van der Waals surface area (Å²) in [7, 11) is 1.84. The Balaban J connectivity index is 2.22. The smallest absolute Gasteiger partial charge is 0.191 e. The molecule has 1 aliphatic heterocycles. The minimum atomic E-state index is 0.581. The molecule has 0 aliphatic carbocycles. The quantitative estimate of drug-likeness (QED) is 0.440. The Hall–Kier alpha value is -0.770. The maximum atomic E-state index is 4.26. The van der Waals surface area contributed by atoms with Crippen LogP contribution < -0.4 is 10.6 Å². The fourth-order valence-corrected chi connectivity index (χ4v) is 2.45. The van der Waals surface area contributed by atoms with Gasteiger partial charge in [-0.3, -0.25) is 9.89 Å². The van der Waals surface area contributed by atoms with Gasteiger partial charge in [0.2, 0.25) is 0 Å². The molecule has 4 nitrogen and oxygen atoms in total. The van der Waals surface area contributed by atoms with Crippen LogP contribution in [0.5, 0.6) is 0 Å². The molecule has 0 amide bonds. The molecule has 1 saturated heterocycles. The molecule has 1 aliphatic rings. The Bertz CT molecular complexity index is 257. The van der Waals surface area contributed by atoms with Crippen LogP contribution in [-0.4, -0.2) is 50.1 Å². The fraction of sp³-hybridized carbons (Fsp3) is 0.933. The van der Waals surface area contributed by atoms with E-state index in [0.29, 0.717) is 6.04 Å². The predicted octanol–water partition coefficient (Wildman–Crippen LogP) is 2.07. The summed E-state index contributed by atoms with van der Waals surface area (Å²) in [6.07, 6.45) is 5.09. The van der Waals surface area contributed by atoms with Gasteiger partial charge in [0, 0.05) is 26.2 Å². The van der Waals surface area contributed by atoms with Crippen molar-refractivity contribution in [2.24, 2.45) is 10.9 Å². The zero-order chi connectivity index (χ0) is 14.1. The number of rotatable bonds is 6. The van der Waals surface area contributed by atoms with E-state index in [1.807, 2.05) is 7.05 Å². The van der Waals surface area contributed by atoms with Crippen molar-refractivity contribution in [3.05, 3.63) is 0 Å². The van der Waals surface area contributed by atoms with E-state index < -0.39 is 0 Å². The number of guanidine groups is 1. The number of hydrogen-bond acceptors (Lipinski definition) is 2. The SMILES string of the molecule is CCCCNC(=NC)NCC(C)N1CCC(C)CC1. The fourth-order valence-electron chi connectivity index (χ4n) is 2.45. The van der Waals surface area contributed by atoms with Crippen LogP contribution >= 0.6 is 0 Å². The zero-order valence-corrected chi connectivity index (χ0v) is 13.2. The Morgan fingerprint density at radius 1 is 1.32 bits per heavy atom. The van der Waals surface area contributed by atoms with Crippen LogP contribution in [0.2, 0.25) is 0 Å². The Kier molecular flexibility index (Phi) is 7.87. The second kappa shape index (κ2) is 9.18. The summed E-state index contributed by atoms with van der Waals surface area (Å²) in [5, 5.41) is 6.79. The first-order valence-electron chi connectivity index (χ1n) is 7.86. The standard InChI is InChI=1S/C15H32N4/c1-5-6-9-17-15(16-4)18-12-14(3)19-10-7-13(2)8-11-19/h13-14H,5-12H2,1-4H3,(H2,16,17,18). The van der Waals surface area contributed by atoms with Crippen molar-refractivity contribution >= 4 is 5.96 Å². The Morgan fingerprint density at radius 3 is 2.58 bits per heavy atom. The van der Waals surface area contributed by atoms with Gasteiger partial charge < -0.3 is 10.6 Å². The predicted molar refractivity (Wildman–Crippen MR) is 83.7 cm³/mol. The van der Waals surface area contributed by atoms with Gasteiger partial charge in [0.25, 0.3) is 0 Å². The van der Waals surface area contributed by atoms with Gasteiger partial charge in [0.05, 0.1) is 0 Å². The largest absolute Gasteiger partial charge is 0.356 e. The maximum Gasteiger partial charge on any atom is 0.191 e. The zero-order valence-electron chi connectivity index (χ0n) is 13.2. The average Bonchev–Trinajstić information content (AvgIpc) is 2.43. The van der Waals surface area contributed by atoms with Crippen molar-refractivity contribution in [1.82, 2.24) is 15.5 Å². The molecule has 112 valence electrons. The molecule has 19 heavy (non-hydrogen) atoms. The van der Waals surface area contributed by atoms with Crippen LogP contribution in [0.15, 0.2) is 4.99 Å². The lowest BCUT2D eigenvalue weighted by molar-refractivity contribution is 0.147. The van der Waals surface area contributed by atoms with E-state index in [1.165, 1.54) is 38.8 Å². The number of aliphatic imine (C=N–C) groups is 1. The van der Waals surface area contributed by atoms with E-state index in [1.54, 1.807) is 0 Å². The monoisotopic (exact) mass is 268 g/mol. The first kappa shape index (κ1) is 16.3. The summed E-state index contributed by atoms with van der Waals surface area (Å²) < 4.78 is 0. The van der Waals surface area contributed by atoms with Gasteiger partial charge in [-0.2, -0.15) is 0 Å². The van der Waals surface area contributed by atoms with Crippen LogP contribution in [0.1, 0.15) is 46.5 Å². The molecule has 1 atom stereocenters. The lowest BCUT2D eigenvalue weighted by atomic mass is 9.98. The molecule has 0 aromatic rings. The van der Waals surface area contributed by atoms with Gasteiger partial charge in [-0.05, 0) is 45.2 Å². The van der Waals surface area contributed by atoms with Gasteiger partial charge in [0.1, 0.15) is 0 Å². The molecule has 1 rings (SSSR count). The van der Waals surface area contributed by atoms with E-state index in [2.05, 4.69) is 41.3 Å². The van der Waals surface area contributed by atoms with Gasteiger partial charge in [0.15, 0.2) is 5.96 Å². The molecule has 0 bridgehead atoms. The number of unbranched alkanes of at least 4 members (excludes halogenated alkanes) is 1. The van der Waals surface area contributed by atoms with Crippen molar-refractivity contribution in [3.63, 3.8) is 0 Å². The lowest BCUT2D eigenvalue weighted by Gasteiger charge is -2.35. The molecular formula is C15H32N4. The summed E-state index contributed by atoms with van der Waals surface area (Å²) in [6.45, 7) is 11.3. The van der Waals surface area contributed by atoms with Crippen LogP contribution in [-0.2, 0) is 0 Å². The molecule has 0 aromatic carbocycles. The molecule has 4 heteroatoms. The average molecular weight is 268 g/mol. The highest BCUT2D eigenvalue weighted by Crippen LogP contribution is 2.17. The molecule has 0 aromatic heterocycles. The number of likely N-dealkylation sites (tertiary alicyclic amines) is 1. The normalized spacial score (nSPS) is 20.3. The number of hydrogen-bond donors (Lipinski definition) is 2. The van der Waals surface area contributed by atoms with Crippen molar-refractivity contribution < 1.29 is 0 Å². The van der Waals surface area contributed by atoms with Crippen molar-refractivity contribution in [2.75, 3.05) is 33.2 Å². The molecule has 1 heterocycles. The molecule has 0 saturated carbocycles. The van der Waals surface area contributed by atoms with Crippen LogP contribution in [0.4, 0.5) is 0 Å². The van der Waals surface area contributed by atoms with Crippen LogP contribution in [0.25, 0.3) is 0 Å². The third-order valence-corrected chi connectivity index (χ3v) is 4.05. The van der Waals surface area contributed by atoms with E-state index in [0.717, 1.165) is 25.0 Å². The van der Waals surface area contributed by atoms with E-state index in [9.17, 15) is 0 Å². The van der Waals surface area contributed by atoms with Gasteiger partial charge >= 0.3 is 0 Å². The third kappa shape index (κ3) is 6.28. The Morgan fingerprint density at radius 2 is 2.00 bits per heavy atom. The van der Waals surface area contributed by atoms with E-state index in [4.69, 9.17) is 0 Å². The minimum Gasteiger partial charge on any atom is -0.356 e. The highest BCUT2D eigenvalue weighted by atomic mass is 15.2. The number of piperidine rings is 1. The number of nitrogens with zero attached hydrogens (tertiary/aromatic N) is 2. The molecular weight excluding hydrogens is 236 g/mol. The lowest BCUT2D eigenvalue weighted by Crippen LogP contribution is -2.48. The molecule has 2 N–H and O–H groups in total. The van der Waals surface area contributed by atoms with Crippen molar-refractivity contribution in [2.45, 2.75) is 52.5 Å². The van der Waals surface area contributed by atoms with Gasteiger partial charge in [-0.25, -0.2) is 0 Å². The first-order chi connectivity index (χ1) is 9.17. The van der Waals surface area contributed by atoms with E-state index in [-0.39, 0.29) is 0 Å². The summed E-state index contributed by atoms with van der Waals surface area (Å²) in [4.78, 5) is 6.85. The Labute approximate surface area is 119 Å². The maximum absolute atomic E-state index is 4.26. The second-order valence-corrected chi connectivity index (χ2v) is 5.80. The topological polar surface area (TPSA) is 39.7 Å². The molecule has 0 radical (unpaired) electrons. The summed E-state index contributed by atoms with van der Waals surface area (Å²) >= 11 is 0. The van der Waals surface area contributed by atoms with Gasteiger partial charge in [-0.1, -0.05) is 20.3 Å². The first-order valence-corrected chi connectivity index (χ1v) is 7.86. The van der Waals surface area contributed by atoms with Gasteiger partial charge in [-0.15, -0.1) is 0 Å². The summed E-state index contributed by atoms with van der Waals surface area (Å²) in [6, 6.07) is 0.581. The highest BCUT2D eigenvalue weighted by Gasteiger charge is 2.20. The molecule has 1 fully saturated rings. The minimum absolute atomic E-state index is 0.581. The number of nitrogens with one attached hydrogen (secondary N) is 2. The van der Waals surface area contributed by atoms with Crippen LogP contribution in [0.3, 0.4) is 0 Å². The third-order valence-electron chi connectivity index (χ3n) is 4.05. The summed E-state index contributed by atoms with van der Waals surface area (Å²) in [5.41, 5.74) is 0. The summed E-state index contributed by atoms with van der Waals surface area (Å²) in [5.74, 6) is 1.84. The van der Waals surface area contributed by atoms with Crippen molar-refractivity contribution in [3.8, 4) is 0 Å². The van der Waals surface area contributed by atoms with E-state index >= 15 is 0 Å². The highest BCUT2D eigenvalue weighted by molar-refractivity contribution is 5.79.